The molecule has 3 atom stereocenters. The zero-order valence-corrected chi connectivity index (χ0v) is 16.9. The van der Waals surface area contributed by atoms with Gasteiger partial charge < -0.3 is 30.9 Å². The molecular formula is C22H23FN2O7. The van der Waals surface area contributed by atoms with Crippen molar-refractivity contribution >= 4 is 11.9 Å². The average Bonchev–Trinajstić information content (AvgIpc) is 3.16. The molecule has 1 aliphatic rings. The van der Waals surface area contributed by atoms with Gasteiger partial charge in [0.1, 0.15) is 11.4 Å². The molecule has 10 heteroatoms. The van der Waals surface area contributed by atoms with Gasteiger partial charge in [-0.2, -0.15) is 5.26 Å². The predicted octanol–water partition coefficient (Wildman–Crippen LogP) is 1.09. The standard InChI is InChI=1S/C18H17FN2O.C4H6O6/c19-16-5-3-15(4-6-16)18(8-1-9-20)17-7-2-13(11-21)10-14(17)12-22-18;5-1(3(7)8)2(6)4(9)10/h2-7,10H,1,8-9,12,20H2;1-2,5-6H,(H,7,8)(H,9,10). The highest BCUT2D eigenvalue weighted by Gasteiger charge is 2.41. The number of hydrogen-bond acceptors (Lipinski definition) is 7. The maximum atomic E-state index is 13.2. The Bertz CT molecular complexity index is 988. The van der Waals surface area contributed by atoms with Gasteiger partial charge in [0.05, 0.1) is 18.2 Å². The summed E-state index contributed by atoms with van der Waals surface area (Å²) in [7, 11) is 0. The van der Waals surface area contributed by atoms with Crippen LogP contribution in [0.2, 0.25) is 0 Å². The largest absolute Gasteiger partial charge is 0.479 e. The third kappa shape index (κ3) is 5.46. The van der Waals surface area contributed by atoms with Crippen LogP contribution in [-0.4, -0.2) is 51.1 Å². The van der Waals surface area contributed by atoms with Crippen LogP contribution in [0.5, 0.6) is 0 Å². The number of nitrogens with zero attached hydrogens (tertiary/aromatic N) is 1. The van der Waals surface area contributed by atoms with Gasteiger partial charge in [-0.05, 0) is 60.3 Å². The zero-order chi connectivity index (χ0) is 23.9. The fourth-order valence-electron chi connectivity index (χ4n) is 3.39. The van der Waals surface area contributed by atoms with Gasteiger partial charge >= 0.3 is 11.9 Å². The number of rotatable bonds is 7. The van der Waals surface area contributed by atoms with Gasteiger partial charge in [0.2, 0.25) is 0 Å². The molecule has 1 heterocycles. The number of aliphatic carboxylic acids is 2. The third-order valence-corrected chi connectivity index (χ3v) is 4.99. The predicted molar refractivity (Wildman–Crippen MR) is 109 cm³/mol. The van der Waals surface area contributed by atoms with Gasteiger partial charge in [-0.3, -0.25) is 0 Å². The lowest BCUT2D eigenvalue weighted by molar-refractivity contribution is -0.165. The maximum Gasteiger partial charge on any atom is 0.335 e. The Labute approximate surface area is 183 Å². The summed E-state index contributed by atoms with van der Waals surface area (Å²) in [6.45, 7) is 1.02. The van der Waals surface area contributed by atoms with Crippen LogP contribution in [-0.2, 0) is 26.5 Å². The maximum absolute atomic E-state index is 13.2. The Morgan fingerprint density at radius 3 is 2.22 bits per heavy atom. The van der Waals surface area contributed by atoms with Crippen molar-refractivity contribution in [3.8, 4) is 6.07 Å². The summed E-state index contributed by atoms with van der Waals surface area (Å²) in [6.07, 6.45) is -3.00. The first-order valence-corrected chi connectivity index (χ1v) is 9.61. The second-order valence-electron chi connectivity index (χ2n) is 7.06. The topological polar surface area (TPSA) is 174 Å². The summed E-state index contributed by atoms with van der Waals surface area (Å²) >= 11 is 0. The number of nitrogens with two attached hydrogens (primary N) is 1. The first-order valence-electron chi connectivity index (χ1n) is 9.61. The number of fused-ring (bicyclic) bond motifs is 1. The molecule has 2 aromatic rings. The third-order valence-electron chi connectivity index (χ3n) is 4.99. The van der Waals surface area contributed by atoms with Crippen LogP contribution >= 0.6 is 0 Å². The first-order chi connectivity index (χ1) is 15.2. The molecule has 1 aliphatic heterocycles. The van der Waals surface area contributed by atoms with E-state index >= 15 is 0 Å². The molecule has 9 nitrogen and oxygen atoms in total. The Balaban J connectivity index is 0.000000309. The van der Waals surface area contributed by atoms with Crippen LogP contribution in [0.1, 0.15) is 35.1 Å². The van der Waals surface area contributed by atoms with E-state index in [1.54, 1.807) is 18.2 Å². The number of carbonyl (C=O) groups is 2. The second-order valence-corrected chi connectivity index (χ2v) is 7.06. The van der Waals surface area contributed by atoms with E-state index in [1.807, 2.05) is 12.1 Å². The fraction of sp³-hybridized carbons (Fsp3) is 0.318. The smallest absolute Gasteiger partial charge is 0.335 e. The number of carboxylic acid groups (broad SMARTS) is 2. The molecule has 32 heavy (non-hydrogen) atoms. The summed E-state index contributed by atoms with van der Waals surface area (Å²) in [5.74, 6) is -3.81. The van der Waals surface area contributed by atoms with Crippen molar-refractivity contribution in [2.24, 2.45) is 5.73 Å². The van der Waals surface area contributed by atoms with E-state index in [2.05, 4.69) is 6.07 Å². The van der Waals surface area contributed by atoms with Crippen LogP contribution in [0.15, 0.2) is 42.5 Å². The van der Waals surface area contributed by atoms with Crippen molar-refractivity contribution in [1.82, 2.24) is 0 Å². The average molecular weight is 446 g/mol. The van der Waals surface area contributed by atoms with Gasteiger partial charge in [-0.25, -0.2) is 14.0 Å². The normalized spacial score (nSPS) is 18.5. The van der Waals surface area contributed by atoms with Gasteiger partial charge in [-0.15, -0.1) is 0 Å². The Morgan fingerprint density at radius 1 is 1.12 bits per heavy atom. The zero-order valence-electron chi connectivity index (χ0n) is 16.9. The van der Waals surface area contributed by atoms with Gasteiger partial charge in [-0.1, -0.05) is 18.2 Å². The summed E-state index contributed by atoms with van der Waals surface area (Å²) in [5, 5.41) is 41.6. The molecule has 0 saturated heterocycles. The quantitative estimate of drug-likeness (QED) is 0.417. The number of benzene rings is 2. The number of carboxylic acids is 2. The highest BCUT2D eigenvalue weighted by atomic mass is 19.1. The second kappa shape index (κ2) is 10.8. The van der Waals surface area contributed by atoms with E-state index in [1.165, 1.54) is 12.1 Å². The molecule has 0 radical (unpaired) electrons. The van der Waals surface area contributed by atoms with Crippen LogP contribution in [0.25, 0.3) is 0 Å². The minimum atomic E-state index is -2.27. The molecule has 0 saturated carbocycles. The molecule has 2 aromatic carbocycles. The molecule has 170 valence electrons. The fourth-order valence-corrected chi connectivity index (χ4v) is 3.39. The van der Waals surface area contributed by atoms with E-state index < -0.39 is 29.7 Å². The molecule has 3 rings (SSSR count). The molecule has 0 fully saturated rings. The lowest BCUT2D eigenvalue weighted by Crippen LogP contribution is -2.39. The molecule has 0 aliphatic carbocycles. The number of hydrogen-bond donors (Lipinski definition) is 5. The summed E-state index contributed by atoms with van der Waals surface area (Å²) in [6, 6.07) is 14.2. The SMILES string of the molecule is N#Cc1ccc2c(c1)COC2(CCCN)c1ccc(F)cc1.O=C(O)C(O)C(O)C(=O)O. The van der Waals surface area contributed by atoms with Crippen LogP contribution < -0.4 is 5.73 Å². The monoisotopic (exact) mass is 446 g/mol. The van der Waals surface area contributed by atoms with Crippen molar-refractivity contribution in [3.05, 3.63) is 70.5 Å². The first kappa shape index (κ1) is 24.9. The van der Waals surface area contributed by atoms with E-state index in [9.17, 15) is 14.0 Å². The molecule has 0 aromatic heterocycles. The number of aliphatic hydroxyl groups excluding tert-OH is 2. The highest BCUT2D eigenvalue weighted by molar-refractivity contribution is 5.83. The molecule has 3 unspecified atom stereocenters. The van der Waals surface area contributed by atoms with Crippen molar-refractivity contribution in [2.45, 2.75) is 37.3 Å². The summed E-state index contributed by atoms with van der Waals surface area (Å²) < 4.78 is 19.4. The summed E-state index contributed by atoms with van der Waals surface area (Å²) in [5.41, 5.74) is 8.68. The van der Waals surface area contributed by atoms with E-state index in [0.29, 0.717) is 18.7 Å². The van der Waals surface area contributed by atoms with E-state index in [-0.39, 0.29) is 5.82 Å². The number of ether oxygens (including phenoxy) is 1. The lowest BCUT2D eigenvalue weighted by Gasteiger charge is -2.30. The van der Waals surface area contributed by atoms with E-state index in [0.717, 1.165) is 29.5 Å². The van der Waals surface area contributed by atoms with Crippen molar-refractivity contribution < 1.29 is 39.1 Å². The molecule has 0 spiro atoms. The Morgan fingerprint density at radius 2 is 1.72 bits per heavy atom. The molecule has 0 bridgehead atoms. The summed E-state index contributed by atoms with van der Waals surface area (Å²) in [4.78, 5) is 19.5. The highest BCUT2D eigenvalue weighted by Crippen LogP contribution is 2.45. The van der Waals surface area contributed by atoms with E-state index in [4.69, 9.17) is 36.2 Å². The van der Waals surface area contributed by atoms with Crippen LogP contribution in [0.3, 0.4) is 0 Å². The minimum absolute atomic E-state index is 0.268. The molecular weight excluding hydrogens is 423 g/mol. The Hall–Kier alpha value is -3.36. The number of nitriles is 1. The van der Waals surface area contributed by atoms with Gasteiger partial charge in [0.15, 0.2) is 12.2 Å². The lowest BCUT2D eigenvalue weighted by atomic mass is 9.81. The number of halogens is 1. The van der Waals surface area contributed by atoms with Crippen molar-refractivity contribution in [2.75, 3.05) is 6.54 Å². The Kier molecular flexibility index (Phi) is 8.40. The van der Waals surface area contributed by atoms with Crippen LogP contribution in [0.4, 0.5) is 4.39 Å². The molecule has 0 amide bonds. The van der Waals surface area contributed by atoms with Crippen molar-refractivity contribution in [3.63, 3.8) is 0 Å². The minimum Gasteiger partial charge on any atom is -0.479 e. The van der Waals surface area contributed by atoms with Crippen molar-refractivity contribution in [1.29, 1.82) is 5.26 Å². The number of aliphatic hydroxyl groups is 2. The molecule has 6 N–H and O–H groups in total. The van der Waals surface area contributed by atoms with Gasteiger partial charge in [0.25, 0.3) is 0 Å². The van der Waals surface area contributed by atoms with Gasteiger partial charge in [0, 0.05) is 0 Å². The van der Waals surface area contributed by atoms with Crippen LogP contribution in [0, 0.1) is 17.1 Å².